The Kier molecular flexibility index (Phi) is 9.44. The molecule has 0 bridgehead atoms. The number of sulfonamides is 1. The summed E-state index contributed by atoms with van der Waals surface area (Å²) in [5.74, 6) is -0.815. The Hall–Kier alpha value is -2.13. The first-order chi connectivity index (χ1) is 16.9. The van der Waals surface area contributed by atoms with Gasteiger partial charge < -0.3 is 9.64 Å². The van der Waals surface area contributed by atoms with Crippen LogP contribution in [0.3, 0.4) is 0 Å². The molecular weight excluding hydrogens is 523 g/mol. The van der Waals surface area contributed by atoms with Crippen LogP contribution < -0.4 is 0 Å². The predicted molar refractivity (Wildman–Crippen MR) is 141 cm³/mol. The fraction of sp³-hybridized carbons (Fsp3) is 0.462. The van der Waals surface area contributed by atoms with Gasteiger partial charge in [-0.05, 0) is 69.4 Å². The minimum absolute atomic E-state index is 0.0446. The number of likely N-dealkylation sites (tertiary alicyclic amines) is 1. The number of halogens is 2. The smallest absolute Gasteiger partial charge is 0.309 e. The predicted octanol–water partition coefficient (Wildman–Crippen LogP) is 4.91. The highest BCUT2D eigenvalue weighted by atomic mass is 35.5. The topological polar surface area (TPSA) is 84.0 Å². The second-order valence-corrected chi connectivity index (χ2v) is 11.8. The van der Waals surface area contributed by atoms with Gasteiger partial charge in [-0.25, -0.2) is 8.42 Å². The molecule has 3 rings (SSSR count). The van der Waals surface area contributed by atoms with E-state index in [0.717, 1.165) is 5.56 Å². The molecule has 196 valence electrons. The van der Waals surface area contributed by atoms with E-state index < -0.39 is 10.0 Å². The fourth-order valence-corrected chi connectivity index (χ4v) is 6.76. The Bertz CT molecular complexity index is 1220. The molecule has 1 fully saturated rings. The molecule has 0 spiro atoms. The van der Waals surface area contributed by atoms with E-state index >= 15 is 0 Å². The van der Waals surface area contributed by atoms with Gasteiger partial charge in [-0.1, -0.05) is 47.0 Å². The van der Waals surface area contributed by atoms with Crippen molar-refractivity contribution in [2.24, 2.45) is 5.92 Å². The number of hydrogen-bond acceptors (Lipinski definition) is 5. The number of nitrogens with zero attached hydrogens (tertiary/aromatic N) is 2. The second kappa shape index (κ2) is 11.9. The molecule has 1 aliphatic heterocycles. The highest BCUT2D eigenvalue weighted by Gasteiger charge is 2.33. The molecule has 1 saturated heterocycles. The maximum atomic E-state index is 13.9. The molecule has 0 aliphatic carbocycles. The SMILES string of the molecule is CCOC(=O)C1CCN(C(=O)CN(Cc2ccc(Cl)c(Cl)c2)S(=O)(=O)c2c(C)cc(C)cc2C)CC1. The van der Waals surface area contributed by atoms with Gasteiger partial charge in [0, 0.05) is 19.6 Å². The lowest BCUT2D eigenvalue weighted by Gasteiger charge is -2.33. The van der Waals surface area contributed by atoms with Gasteiger partial charge in [-0.2, -0.15) is 4.31 Å². The first kappa shape index (κ1) is 28.4. The lowest BCUT2D eigenvalue weighted by atomic mass is 9.97. The summed E-state index contributed by atoms with van der Waals surface area (Å²) in [5, 5.41) is 0.669. The van der Waals surface area contributed by atoms with Gasteiger partial charge in [0.25, 0.3) is 0 Å². The molecule has 7 nitrogen and oxygen atoms in total. The van der Waals surface area contributed by atoms with Crippen molar-refractivity contribution in [2.45, 2.75) is 52.0 Å². The minimum atomic E-state index is -4.03. The van der Waals surface area contributed by atoms with Crippen LogP contribution in [0.5, 0.6) is 0 Å². The van der Waals surface area contributed by atoms with Gasteiger partial charge in [0.2, 0.25) is 15.9 Å². The van der Waals surface area contributed by atoms with Gasteiger partial charge in [0.05, 0.1) is 34.0 Å². The van der Waals surface area contributed by atoms with Gasteiger partial charge in [-0.15, -0.1) is 0 Å². The van der Waals surface area contributed by atoms with Crippen molar-refractivity contribution in [2.75, 3.05) is 26.2 Å². The van der Waals surface area contributed by atoms with Gasteiger partial charge in [0.1, 0.15) is 0 Å². The first-order valence-electron chi connectivity index (χ1n) is 11.9. The molecule has 2 aromatic carbocycles. The number of amides is 1. The van der Waals surface area contributed by atoms with E-state index in [1.54, 1.807) is 43.9 Å². The maximum absolute atomic E-state index is 13.9. The van der Waals surface area contributed by atoms with E-state index in [9.17, 15) is 18.0 Å². The molecular formula is C26H32Cl2N2O5S. The van der Waals surface area contributed by atoms with Crippen LogP contribution in [-0.2, 0) is 30.9 Å². The van der Waals surface area contributed by atoms with Crippen LogP contribution in [0.1, 0.15) is 42.0 Å². The summed E-state index contributed by atoms with van der Waals surface area (Å²) in [6.07, 6.45) is 0.973. The van der Waals surface area contributed by atoms with Crippen molar-refractivity contribution >= 4 is 45.1 Å². The molecule has 0 saturated carbocycles. The van der Waals surface area contributed by atoms with Crippen LogP contribution in [-0.4, -0.2) is 55.7 Å². The van der Waals surface area contributed by atoms with Crippen molar-refractivity contribution in [3.8, 4) is 0 Å². The Balaban J connectivity index is 1.88. The number of esters is 1. The molecule has 0 N–H and O–H groups in total. The Labute approximate surface area is 223 Å². The highest BCUT2D eigenvalue weighted by molar-refractivity contribution is 7.89. The van der Waals surface area contributed by atoms with Crippen molar-refractivity contribution in [1.29, 1.82) is 0 Å². The first-order valence-corrected chi connectivity index (χ1v) is 14.1. The van der Waals surface area contributed by atoms with E-state index in [1.165, 1.54) is 4.31 Å². The summed E-state index contributed by atoms with van der Waals surface area (Å²) in [6.45, 7) is 7.85. The molecule has 0 aromatic heterocycles. The number of carbonyl (C=O) groups excluding carboxylic acids is 2. The minimum Gasteiger partial charge on any atom is -0.466 e. The zero-order valence-electron chi connectivity index (χ0n) is 21.0. The average molecular weight is 556 g/mol. The van der Waals surface area contributed by atoms with E-state index in [2.05, 4.69) is 0 Å². The number of benzene rings is 2. The van der Waals surface area contributed by atoms with E-state index in [0.29, 0.717) is 59.3 Å². The molecule has 0 atom stereocenters. The van der Waals surface area contributed by atoms with Crippen LogP contribution in [0.4, 0.5) is 0 Å². The zero-order chi connectivity index (χ0) is 26.6. The van der Waals surface area contributed by atoms with Crippen LogP contribution in [0.2, 0.25) is 10.0 Å². The third-order valence-corrected chi connectivity index (χ3v) is 9.16. The largest absolute Gasteiger partial charge is 0.466 e. The summed E-state index contributed by atoms with van der Waals surface area (Å²) < 4.78 is 34.1. The lowest BCUT2D eigenvalue weighted by Crippen LogP contribution is -2.46. The average Bonchev–Trinajstić information content (AvgIpc) is 2.80. The van der Waals surface area contributed by atoms with E-state index in [-0.39, 0.29) is 35.8 Å². The van der Waals surface area contributed by atoms with Gasteiger partial charge >= 0.3 is 5.97 Å². The Morgan fingerprint density at radius 3 is 2.19 bits per heavy atom. The van der Waals surface area contributed by atoms with Crippen molar-refractivity contribution < 1.29 is 22.7 Å². The number of aryl methyl sites for hydroxylation is 3. The Morgan fingerprint density at radius 2 is 1.64 bits per heavy atom. The quantitative estimate of drug-likeness (QED) is 0.433. The normalized spacial score (nSPS) is 14.8. The third kappa shape index (κ3) is 6.59. The Morgan fingerprint density at radius 1 is 1.03 bits per heavy atom. The van der Waals surface area contributed by atoms with Crippen LogP contribution in [0.25, 0.3) is 0 Å². The zero-order valence-corrected chi connectivity index (χ0v) is 23.3. The van der Waals surface area contributed by atoms with Gasteiger partial charge in [0.15, 0.2) is 0 Å². The molecule has 1 amide bonds. The van der Waals surface area contributed by atoms with Crippen LogP contribution in [0.15, 0.2) is 35.2 Å². The van der Waals surface area contributed by atoms with E-state index in [4.69, 9.17) is 27.9 Å². The highest BCUT2D eigenvalue weighted by Crippen LogP contribution is 2.29. The second-order valence-electron chi connectivity index (χ2n) is 9.16. The standard InChI is InChI=1S/C26H32Cl2N2O5S/c1-5-35-26(32)21-8-10-29(11-9-21)24(31)16-30(15-20-6-7-22(27)23(28)14-20)36(33,34)25-18(3)12-17(2)13-19(25)4/h6-7,12-14,21H,5,8-11,15-16H2,1-4H3. The third-order valence-electron chi connectivity index (χ3n) is 6.32. The van der Waals surface area contributed by atoms with Crippen molar-refractivity contribution in [1.82, 2.24) is 9.21 Å². The number of ether oxygens (including phenoxy) is 1. The molecule has 0 radical (unpaired) electrons. The summed E-state index contributed by atoms with van der Waals surface area (Å²) in [7, 11) is -4.03. The molecule has 10 heteroatoms. The number of hydrogen-bond donors (Lipinski definition) is 0. The molecule has 36 heavy (non-hydrogen) atoms. The molecule has 2 aromatic rings. The number of rotatable bonds is 8. The summed E-state index contributed by atoms with van der Waals surface area (Å²) in [6, 6.07) is 8.55. The molecule has 0 unspecified atom stereocenters. The lowest BCUT2D eigenvalue weighted by molar-refractivity contribution is -0.151. The van der Waals surface area contributed by atoms with Crippen molar-refractivity contribution in [3.05, 3.63) is 62.6 Å². The number of piperidine rings is 1. The monoisotopic (exact) mass is 554 g/mol. The summed E-state index contributed by atoms with van der Waals surface area (Å²) in [4.78, 5) is 27.1. The molecule has 1 heterocycles. The fourth-order valence-electron chi connectivity index (χ4n) is 4.65. The maximum Gasteiger partial charge on any atom is 0.309 e. The van der Waals surface area contributed by atoms with Crippen LogP contribution in [0, 0.1) is 26.7 Å². The summed E-state index contributed by atoms with van der Waals surface area (Å²) in [5.41, 5.74) is 2.81. The number of carbonyl (C=O) groups is 2. The van der Waals surface area contributed by atoms with E-state index in [1.807, 2.05) is 19.1 Å². The van der Waals surface area contributed by atoms with Crippen LogP contribution >= 0.6 is 23.2 Å². The van der Waals surface area contributed by atoms with Crippen molar-refractivity contribution in [3.63, 3.8) is 0 Å². The molecule has 1 aliphatic rings. The summed E-state index contributed by atoms with van der Waals surface area (Å²) >= 11 is 12.2. The van der Waals surface area contributed by atoms with Gasteiger partial charge in [-0.3, -0.25) is 9.59 Å².